The van der Waals surface area contributed by atoms with E-state index in [1.807, 2.05) is 19.9 Å². The van der Waals surface area contributed by atoms with Crippen LogP contribution in [0.1, 0.15) is 17.7 Å². The molecule has 0 atom stereocenters. The highest BCUT2D eigenvalue weighted by atomic mass is 32.1. The van der Waals surface area contributed by atoms with E-state index in [2.05, 4.69) is 20.4 Å². The summed E-state index contributed by atoms with van der Waals surface area (Å²) in [5, 5.41) is 26.3. The molecular weight excluding hydrogens is 276 g/mol. The molecule has 0 unspecified atom stereocenters. The predicted octanol–water partition coefficient (Wildman–Crippen LogP) is 4.28. The Balaban J connectivity index is 2.00. The fourth-order valence-electron chi connectivity index (χ4n) is 1.82. The molecule has 0 saturated carbocycles. The monoisotopic (exact) mass is 288 g/mol. The minimum Gasteiger partial charge on any atom is -0.507 e. The summed E-state index contributed by atoms with van der Waals surface area (Å²) >= 11 is 1.56. The van der Waals surface area contributed by atoms with Gasteiger partial charge >= 0.3 is 6.01 Å². The van der Waals surface area contributed by atoms with Crippen molar-refractivity contribution in [2.24, 2.45) is 10.2 Å². The number of hydrogen-bond donors (Lipinski definition) is 1. The number of aromatic hydroxyl groups is 1. The van der Waals surface area contributed by atoms with Crippen LogP contribution in [0.25, 0.3) is 10.1 Å². The quantitative estimate of drug-likeness (QED) is 0.729. The minimum absolute atomic E-state index is 0.136. The molecule has 20 heavy (non-hydrogen) atoms. The van der Waals surface area contributed by atoms with E-state index in [9.17, 15) is 5.11 Å². The Labute approximate surface area is 118 Å². The molecule has 0 spiro atoms. The van der Waals surface area contributed by atoms with Gasteiger partial charge in [-0.25, -0.2) is 0 Å². The zero-order valence-electron chi connectivity index (χ0n) is 11.0. The van der Waals surface area contributed by atoms with Crippen molar-refractivity contribution in [1.29, 1.82) is 0 Å². The Morgan fingerprint density at radius 2 is 2.15 bits per heavy atom. The normalized spacial score (nSPS) is 11.7. The maximum absolute atomic E-state index is 9.82. The summed E-state index contributed by atoms with van der Waals surface area (Å²) < 4.78 is 6.16. The van der Waals surface area contributed by atoms with Gasteiger partial charge in [0.1, 0.15) is 11.4 Å². The third kappa shape index (κ3) is 2.27. The van der Waals surface area contributed by atoms with Crippen LogP contribution in [0.5, 0.6) is 5.75 Å². The summed E-state index contributed by atoms with van der Waals surface area (Å²) in [5.74, 6) is 0.774. The maximum Gasteiger partial charge on any atom is 0.361 e. The first-order chi connectivity index (χ1) is 9.67. The Bertz CT molecular complexity index is 791. The van der Waals surface area contributed by atoms with Crippen LogP contribution >= 0.6 is 11.3 Å². The lowest BCUT2D eigenvalue weighted by atomic mass is 10.2. The van der Waals surface area contributed by atoms with Gasteiger partial charge in [0.05, 0.1) is 4.70 Å². The van der Waals surface area contributed by atoms with Crippen molar-refractivity contribution in [3.8, 4) is 5.75 Å². The van der Waals surface area contributed by atoms with Gasteiger partial charge in [-0.1, -0.05) is 17.1 Å². The van der Waals surface area contributed by atoms with Crippen LogP contribution in [0, 0.1) is 6.92 Å². The van der Waals surface area contributed by atoms with Crippen molar-refractivity contribution in [1.82, 2.24) is 10.2 Å². The van der Waals surface area contributed by atoms with Crippen molar-refractivity contribution >= 4 is 33.1 Å². The predicted molar refractivity (Wildman–Crippen MR) is 76.1 cm³/mol. The van der Waals surface area contributed by atoms with Crippen LogP contribution in [-0.2, 0) is 6.42 Å². The molecule has 3 aromatic rings. The first-order valence-electron chi connectivity index (χ1n) is 6.13. The lowest BCUT2D eigenvalue weighted by Gasteiger charge is -1.97. The van der Waals surface area contributed by atoms with Gasteiger partial charge in [0, 0.05) is 16.7 Å². The van der Waals surface area contributed by atoms with E-state index in [0.717, 1.165) is 15.0 Å². The number of phenols is 1. The third-order valence-electron chi connectivity index (χ3n) is 2.76. The van der Waals surface area contributed by atoms with E-state index in [4.69, 9.17) is 4.42 Å². The third-order valence-corrected chi connectivity index (χ3v) is 3.84. The first kappa shape index (κ1) is 12.7. The number of benzene rings is 1. The fraction of sp³-hybridized carbons (Fsp3) is 0.231. The number of hydrogen-bond acceptors (Lipinski definition) is 7. The molecule has 2 aromatic heterocycles. The molecule has 0 radical (unpaired) electrons. The number of azo groups is 1. The Kier molecular flexibility index (Phi) is 3.19. The van der Waals surface area contributed by atoms with Crippen LogP contribution in [0.3, 0.4) is 0 Å². The number of aromatic nitrogens is 2. The zero-order valence-corrected chi connectivity index (χ0v) is 11.8. The van der Waals surface area contributed by atoms with E-state index >= 15 is 0 Å². The summed E-state index contributed by atoms with van der Waals surface area (Å²) in [4.78, 5) is 1.10. The van der Waals surface area contributed by atoms with Gasteiger partial charge in [-0.05, 0) is 25.1 Å². The zero-order chi connectivity index (χ0) is 14.1. The summed E-state index contributed by atoms with van der Waals surface area (Å²) in [5.41, 5.74) is 0.673. The SMILES string of the molecule is CCc1nnc(N=Nc2ccc(O)c3cc(C)sc23)o1. The van der Waals surface area contributed by atoms with Crippen molar-refractivity contribution in [3.05, 3.63) is 29.0 Å². The minimum atomic E-state index is 0.136. The molecule has 102 valence electrons. The number of aryl methyl sites for hydroxylation is 2. The van der Waals surface area contributed by atoms with E-state index < -0.39 is 0 Å². The lowest BCUT2D eigenvalue weighted by Crippen LogP contribution is -1.75. The number of nitrogens with zero attached hydrogens (tertiary/aromatic N) is 4. The molecule has 0 aliphatic heterocycles. The lowest BCUT2D eigenvalue weighted by molar-refractivity contribution is 0.482. The smallest absolute Gasteiger partial charge is 0.361 e. The van der Waals surface area contributed by atoms with Gasteiger partial charge < -0.3 is 9.52 Å². The highest BCUT2D eigenvalue weighted by Crippen LogP contribution is 2.39. The van der Waals surface area contributed by atoms with Crippen molar-refractivity contribution in [2.45, 2.75) is 20.3 Å². The van der Waals surface area contributed by atoms with Crippen molar-refractivity contribution in [3.63, 3.8) is 0 Å². The molecule has 1 N–H and O–H groups in total. The number of fused-ring (bicyclic) bond motifs is 1. The second-order valence-electron chi connectivity index (χ2n) is 4.24. The van der Waals surface area contributed by atoms with Gasteiger partial charge in [-0.3, -0.25) is 0 Å². The first-order valence-corrected chi connectivity index (χ1v) is 6.95. The molecule has 0 aliphatic rings. The molecule has 6 nitrogen and oxygen atoms in total. The van der Waals surface area contributed by atoms with E-state index in [-0.39, 0.29) is 11.8 Å². The van der Waals surface area contributed by atoms with E-state index in [0.29, 0.717) is 18.0 Å². The molecule has 0 saturated heterocycles. The Hall–Kier alpha value is -2.28. The molecule has 0 bridgehead atoms. The number of rotatable bonds is 3. The second-order valence-corrected chi connectivity index (χ2v) is 5.49. The van der Waals surface area contributed by atoms with Gasteiger partial charge in [-0.15, -0.1) is 21.5 Å². The molecule has 2 heterocycles. The highest BCUT2D eigenvalue weighted by Gasteiger charge is 2.09. The maximum atomic E-state index is 9.82. The Morgan fingerprint density at radius 3 is 2.90 bits per heavy atom. The largest absolute Gasteiger partial charge is 0.507 e. The van der Waals surface area contributed by atoms with Crippen molar-refractivity contribution in [2.75, 3.05) is 0 Å². The highest BCUT2D eigenvalue weighted by molar-refractivity contribution is 7.19. The molecule has 1 aromatic carbocycles. The fourth-order valence-corrected chi connectivity index (χ4v) is 2.81. The number of thiophene rings is 1. The van der Waals surface area contributed by atoms with E-state index in [1.165, 1.54) is 0 Å². The molecule has 0 amide bonds. The van der Waals surface area contributed by atoms with Gasteiger partial charge in [0.25, 0.3) is 0 Å². The van der Waals surface area contributed by atoms with Crippen LogP contribution < -0.4 is 0 Å². The van der Waals surface area contributed by atoms with Crippen molar-refractivity contribution < 1.29 is 9.52 Å². The summed E-state index contributed by atoms with van der Waals surface area (Å²) in [6, 6.07) is 5.38. The van der Waals surface area contributed by atoms with Gasteiger partial charge in [0.15, 0.2) is 0 Å². The van der Waals surface area contributed by atoms with Crippen LogP contribution in [0.2, 0.25) is 0 Å². The summed E-state index contributed by atoms with van der Waals surface area (Å²) in [6.07, 6.45) is 0.663. The molecule has 0 aliphatic carbocycles. The molecular formula is C13H12N4O2S. The van der Waals surface area contributed by atoms with E-state index in [1.54, 1.807) is 23.5 Å². The van der Waals surface area contributed by atoms with Crippen LogP contribution in [-0.4, -0.2) is 15.3 Å². The summed E-state index contributed by atoms with van der Waals surface area (Å²) in [7, 11) is 0. The molecule has 7 heteroatoms. The molecule has 0 fully saturated rings. The molecule has 3 rings (SSSR count). The Morgan fingerprint density at radius 1 is 1.30 bits per heavy atom. The van der Waals surface area contributed by atoms with Crippen LogP contribution in [0.15, 0.2) is 32.8 Å². The number of phenolic OH excluding ortho intramolecular Hbond substituents is 1. The second kappa shape index (κ2) is 5.01. The van der Waals surface area contributed by atoms with Crippen LogP contribution in [0.4, 0.5) is 11.7 Å². The average Bonchev–Trinajstić information content (AvgIpc) is 3.04. The standard InChI is InChI=1S/C13H12N4O2S/c1-3-11-15-17-13(19-11)16-14-9-4-5-10(18)8-6-7(2)20-12(8)9/h4-6,18H,3H2,1-2H3. The summed E-state index contributed by atoms with van der Waals surface area (Å²) in [6.45, 7) is 3.91. The van der Waals surface area contributed by atoms with Gasteiger partial charge in [0.2, 0.25) is 5.89 Å². The van der Waals surface area contributed by atoms with Gasteiger partial charge in [-0.2, -0.15) is 0 Å². The average molecular weight is 288 g/mol. The topological polar surface area (TPSA) is 83.9 Å².